The maximum atomic E-state index is 11.0. The third kappa shape index (κ3) is 3.32. The van der Waals surface area contributed by atoms with Gasteiger partial charge < -0.3 is 5.11 Å². The van der Waals surface area contributed by atoms with Gasteiger partial charge in [-0.3, -0.25) is 4.79 Å². The van der Waals surface area contributed by atoms with Crippen LogP contribution in [0.3, 0.4) is 0 Å². The molecule has 0 spiro atoms. The molecule has 0 heterocycles. The summed E-state index contributed by atoms with van der Waals surface area (Å²) >= 11 is 0. The van der Waals surface area contributed by atoms with E-state index in [1.54, 1.807) is 12.1 Å². The van der Waals surface area contributed by atoms with E-state index in [0.29, 0.717) is 5.56 Å². The van der Waals surface area contributed by atoms with Crippen molar-refractivity contribution in [2.24, 2.45) is 0 Å². The number of hydrogen-bond donors (Lipinski definition) is 1. The lowest BCUT2D eigenvalue weighted by Gasteiger charge is -2.06. The second-order valence-electron chi connectivity index (χ2n) is 4.59. The van der Waals surface area contributed by atoms with Gasteiger partial charge in [-0.25, -0.2) is 0 Å². The topological polar surface area (TPSA) is 37.3 Å². The van der Waals surface area contributed by atoms with Gasteiger partial charge in [-0.1, -0.05) is 35.9 Å². The molecule has 0 aliphatic rings. The number of allylic oxidation sites excluding steroid dienone is 1. The molecular weight excluding hydrogens is 236 g/mol. The lowest BCUT2D eigenvalue weighted by atomic mass is 10.0. The van der Waals surface area contributed by atoms with E-state index in [-0.39, 0.29) is 11.5 Å². The van der Waals surface area contributed by atoms with Crippen molar-refractivity contribution < 1.29 is 9.90 Å². The maximum absolute atomic E-state index is 11.0. The molecule has 0 radical (unpaired) electrons. The SMILES string of the molecule is CC(=O)/C=C\c1cc(-c2cccc(C)c2)ccc1O. The van der Waals surface area contributed by atoms with Gasteiger partial charge in [-0.15, -0.1) is 0 Å². The zero-order valence-corrected chi connectivity index (χ0v) is 11.1. The first-order chi connectivity index (χ1) is 9.06. The van der Waals surface area contributed by atoms with Crippen LogP contribution in [0.5, 0.6) is 5.75 Å². The van der Waals surface area contributed by atoms with Gasteiger partial charge in [-0.05, 0) is 49.3 Å². The van der Waals surface area contributed by atoms with Gasteiger partial charge in [0.05, 0.1) is 0 Å². The van der Waals surface area contributed by atoms with Crippen molar-refractivity contribution >= 4 is 11.9 Å². The molecular formula is C17H16O2. The zero-order chi connectivity index (χ0) is 13.8. The first kappa shape index (κ1) is 13.1. The first-order valence-corrected chi connectivity index (χ1v) is 6.15. The summed E-state index contributed by atoms with van der Waals surface area (Å²) in [6.07, 6.45) is 3.09. The van der Waals surface area contributed by atoms with Crippen molar-refractivity contribution in [2.75, 3.05) is 0 Å². The van der Waals surface area contributed by atoms with Gasteiger partial charge in [0, 0.05) is 5.56 Å². The van der Waals surface area contributed by atoms with Gasteiger partial charge in [-0.2, -0.15) is 0 Å². The Bertz CT molecular complexity index is 639. The van der Waals surface area contributed by atoms with E-state index >= 15 is 0 Å². The average Bonchev–Trinajstić information content (AvgIpc) is 2.37. The minimum Gasteiger partial charge on any atom is -0.507 e. The van der Waals surface area contributed by atoms with Crippen molar-refractivity contribution in [1.29, 1.82) is 0 Å². The Morgan fingerprint density at radius 2 is 1.84 bits per heavy atom. The van der Waals surface area contributed by atoms with Crippen LogP contribution in [0, 0.1) is 6.92 Å². The van der Waals surface area contributed by atoms with Gasteiger partial charge in [0.25, 0.3) is 0 Å². The highest BCUT2D eigenvalue weighted by Crippen LogP contribution is 2.27. The number of carbonyl (C=O) groups excluding carboxylic acids is 1. The molecule has 2 aromatic carbocycles. The van der Waals surface area contributed by atoms with Gasteiger partial charge in [0.2, 0.25) is 0 Å². The molecule has 2 rings (SSSR count). The average molecular weight is 252 g/mol. The number of hydrogen-bond acceptors (Lipinski definition) is 2. The summed E-state index contributed by atoms with van der Waals surface area (Å²) < 4.78 is 0. The summed E-state index contributed by atoms with van der Waals surface area (Å²) in [5.41, 5.74) is 3.95. The van der Waals surface area contributed by atoms with Crippen LogP contribution in [0.1, 0.15) is 18.1 Å². The summed E-state index contributed by atoms with van der Waals surface area (Å²) in [6, 6.07) is 13.6. The fourth-order valence-electron chi connectivity index (χ4n) is 1.90. The predicted octanol–water partition coefficient (Wildman–Crippen LogP) is 3.97. The predicted molar refractivity (Wildman–Crippen MR) is 78.0 cm³/mol. The van der Waals surface area contributed by atoms with E-state index in [1.807, 2.05) is 37.3 Å². The molecule has 2 heteroatoms. The van der Waals surface area contributed by atoms with E-state index in [1.165, 1.54) is 18.6 Å². The Kier molecular flexibility index (Phi) is 3.81. The molecule has 1 N–H and O–H groups in total. The summed E-state index contributed by atoms with van der Waals surface area (Å²) in [5, 5.41) is 9.79. The Hall–Kier alpha value is -2.35. The first-order valence-electron chi connectivity index (χ1n) is 6.15. The largest absolute Gasteiger partial charge is 0.507 e. The molecule has 0 aliphatic carbocycles. The van der Waals surface area contributed by atoms with Crippen molar-refractivity contribution in [3.63, 3.8) is 0 Å². The monoisotopic (exact) mass is 252 g/mol. The van der Waals surface area contributed by atoms with Crippen LogP contribution >= 0.6 is 0 Å². The van der Waals surface area contributed by atoms with Crippen LogP contribution in [0.25, 0.3) is 17.2 Å². The van der Waals surface area contributed by atoms with E-state index < -0.39 is 0 Å². The molecule has 0 atom stereocenters. The second kappa shape index (κ2) is 5.53. The fraction of sp³-hybridized carbons (Fsp3) is 0.118. The molecule has 2 aromatic rings. The van der Waals surface area contributed by atoms with Gasteiger partial charge >= 0.3 is 0 Å². The molecule has 0 amide bonds. The fourth-order valence-corrected chi connectivity index (χ4v) is 1.90. The smallest absolute Gasteiger partial charge is 0.152 e. The van der Waals surface area contributed by atoms with E-state index in [2.05, 4.69) is 6.07 Å². The molecule has 0 saturated heterocycles. The third-order valence-corrected chi connectivity index (χ3v) is 2.88. The molecule has 0 bridgehead atoms. The lowest BCUT2D eigenvalue weighted by Crippen LogP contribution is -1.84. The van der Waals surface area contributed by atoms with Crippen LogP contribution < -0.4 is 0 Å². The van der Waals surface area contributed by atoms with Crippen LogP contribution in [0.4, 0.5) is 0 Å². The highest BCUT2D eigenvalue weighted by Gasteiger charge is 2.03. The molecule has 0 aromatic heterocycles. The molecule has 96 valence electrons. The summed E-state index contributed by atoms with van der Waals surface area (Å²) in [7, 11) is 0. The van der Waals surface area contributed by atoms with Crippen molar-refractivity contribution in [3.05, 3.63) is 59.7 Å². The quantitative estimate of drug-likeness (QED) is 0.839. The Morgan fingerprint density at radius 3 is 2.53 bits per heavy atom. The van der Waals surface area contributed by atoms with Crippen LogP contribution in [-0.4, -0.2) is 10.9 Å². The molecule has 2 nitrogen and oxygen atoms in total. The zero-order valence-electron chi connectivity index (χ0n) is 11.1. The minimum absolute atomic E-state index is 0.0413. The van der Waals surface area contributed by atoms with E-state index in [4.69, 9.17) is 0 Å². The molecule has 0 saturated carbocycles. The highest BCUT2D eigenvalue weighted by atomic mass is 16.3. The lowest BCUT2D eigenvalue weighted by molar-refractivity contribution is -0.112. The minimum atomic E-state index is -0.0413. The van der Waals surface area contributed by atoms with Gasteiger partial charge in [0.15, 0.2) is 5.78 Å². The van der Waals surface area contributed by atoms with Crippen molar-refractivity contribution in [3.8, 4) is 16.9 Å². The number of benzene rings is 2. The molecule has 0 fully saturated rings. The Morgan fingerprint density at radius 1 is 1.11 bits per heavy atom. The highest BCUT2D eigenvalue weighted by molar-refractivity contribution is 5.92. The number of phenols is 1. The Labute approximate surface area is 113 Å². The Balaban J connectivity index is 2.43. The van der Waals surface area contributed by atoms with E-state index in [0.717, 1.165) is 11.1 Å². The normalized spacial score (nSPS) is 10.8. The van der Waals surface area contributed by atoms with E-state index in [9.17, 15) is 9.90 Å². The van der Waals surface area contributed by atoms with Gasteiger partial charge in [0.1, 0.15) is 5.75 Å². The summed E-state index contributed by atoms with van der Waals surface area (Å²) in [4.78, 5) is 11.0. The third-order valence-electron chi connectivity index (χ3n) is 2.88. The van der Waals surface area contributed by atoms with Crippen molar-refractivity contribution in [1.82, 2.24) is 0 Å². The van der Waals surface area contributed by atoms with Crippen LogP contribution in [-0.2, 0) is 4.79 Å². The summed E-state index contributed by atoms with van der Waals surface area (Å²) in [5.74, 6) is 0.134. The van der Waals surface area contributed by atoms with Crippen LogP contribution in [0.15, 0.2) is 48.5 Å². The molecule has 0 aliphatic heterocycles. The molecule has 19 heavy (non-hydrogen) atoms. The van der Waals surface area contributed by atoms with Crippen LogP contribution in [0.2, 0.25) is 0 Å². The molecule has 0 unspecified atom stereocenters. The number of rotatable bonds is 3. The number of ketones is 1. The number of carbonyl (C=O) groups is 1. The standard InChI is InChI=1S/C17H16O2/c1-12-4-3-5-14(10-12)15-8-9-17(19)16(11-15)7-6-13(2)18/h3-11,19H,1-2H3/b7-6-. The number of phenolic OH excluding ortho intramolecular Hbond substituents is 1. The second-order valence-corrected chi connectivity index (χ2v) is 4.59. The summed E-state index contributed by atoms with van der Waals surface area (Å²) in [6.45, 7) is 3.53. The van der Waals surface area contributed by atoms with Crippen molar-refractivity contribution in [2.45, 2.75) is 13.8 Å². The number of aryl methyl sites for hydroxylation is 1. The maximum Gasteiger partial charge on any atom is 0.152 e. The number of aromatic hydroxyl groups is 1.